The van der Waals surface area contributed by atoms with E-state index in [2.05, 4.69) is 15.6 Å². The van der Waals surface area contributed by atoms with Gasteiger partial charge in [0.2, 0.25) is 11.8 Å². The molecule has 39 heavy (non-hydrogen) atoms. The maximum Gasteiger partial charge on any atom is 0.326 e. The number of aromatic nitrogens is 1. The molecule has 4 N–H and O–H groups in total. The van der Waals surface area contributed by atoms with Crippen LogP contribution in [0.1, 0.15) is 67.3 Å². The van der Waals surface area contributed by atoms with Crippen LogP contribution in [0, 0.1) is 11.8 Å². The molecule has 2 aromatic carbocycles. The number of rotatable bonds is 8. The first-order valence-electron chi connectivity index (χ1n) is 13.5. The minimum absolute atomic E-state index is 0.228. The first-order chi connectivity index (χ1) is 18.6. The molecule has 0 radical (unpaired) electrons. The SMILES string of the molecule is CCC(C)[C@H](NC(=O)[C@@H](NC(=O)[C@@H]1Cc2c([nH]c3ccccc23)C2c3ccccc3C(=O)N21)C(C)C)C(=O)O. The molecular formula is C30H34N4O5. The Morgan fingerprint density at radius 1 is 1.03 bits per heavy atom. The summed E-state index contributed by atoms with van der Waals surface area (Å²) in [5.74, 6) is -2.93. The quantitative estimate of drug-likeness (QED) is 0.355. The first kappa shape index (κ1) is 26.5. The van der Waals surface area contributed by atoms with Gasteiger partial charge >= 0.3 is 5.97 Å². The monoisotopic (exact) mass is 530 g/mol. The number of aromatic amines is 1. The van der Waals surface area contributed by atoms with Gasteiger partial charge in [-0.3, -0.25) is 14.4 Å². The maximum absolute atomic E-state index is 13.9. The van der Waals surface area contributed by atoms with Crippen LogP contribution in [0.15, 0.2) is 48.5 Å². The first-order valence-corrected chi connectivity index (χ1v) is 13.5. The Morgan fingerprint density at radius 2 is 1.72 bits per heavy atom. The summed E-state index contributed by atoms with van der Waals surface area (Å²) in [4.78, 5) is 57.8. The number of para-hydroxylation sites is 1. The van der Waals surface area contributed by atoms with Crippen molar-refractivity contribution in [3.05, 3.63) is 70.9 Å². The zero-order chi connectivity index (χ0) is 28.0. The number of fused-ring (bicyclic) bond motifs is 7. The normalized spacial score (nSPS) is 20.1. The number of carboxylic acids is 1. The molecule has 2 unspecified atom stereocenters. The van der Waals surface area contributed by atoms with Crippen molar-refractivity contribution in [3.8, 4) is 0 Å². The molecule has 0 fully saturated rings. The molecule has 0 aliphatic carbocycles. The predicted molar refractivity (Wildman–Crippen MR) is 146 cm³/mol. The van der Waals surface area contributed by atoms with Crippen LogP contribution in [0.3, 0.4) is 0 Å². The third-order valence-corrected chi connectivity index (χ3v) is 8.18. The average molecular weight is 531 g/mol. The molecule has 2 aliphatic heterocycles. The van der Waals surface area contributed by atoms with Gasteiger partial charge in [-0.2, -0.15) is 0 Å². The molecule has 3 amide bonds. The smallest absolute Gasteiger partial charge is 0.326 e. The van der Waals surface area contributed by atoms with Crippen molar-refractivity contribution in [2.24, 2.45) is 11.8 Å². The fourth-order valence-corrected chi connectivity index (χ4v) is 5.85. The molecule has 0 spiro atoms. The zero-order valence-corrected chi connectivity index (χ0v) is 22.5. The van der Waals surface area contributed by atoms with Gasteiger partial charge in [-0.1, -0.05) is 70.5 Å². The maximum atomic E-state index is 13.9. The van der Waals surface area contributed by atoms with Crippen LogP contribution in [-0.4, -0.2) is 56.8 Å². The second-order valence-electron chi connectivity index (χ2n) is 10.9. The van der Waals surface area contributed by atoms with Crippen LogP contribution in [0.4, 0.5) is 0 Å². The van der Waals surface area contributed by atoms with E-state index < -0.39 is 42.0 Å². The summed E-state index contributed by atoms with van der Waals surface area (Å²) >= 11 is 0. The molecule has 204 valence electrons. The van der Waals surface area contributed by atoms with Crippen molar-refractivity contribution >= 4 is 34.6 Å². The number of amides is 3. The van der Waals surface area contributed by atoms with E-state index >= 15 is 0 Å². The van der Waals surface area contributed by atoms with Gasteiger partial charge in [0.15, 0.2) is 0 Å². The molecule has 9 heteroatoms. The lowest BCUT2D eigenvalue weighted by molar-refractivity contribution is -0.144. The van der Waals surface area contributed by atoms with E-state index in [0.717, 1.165) is 27.7 Å². The highest BCUT2D eigenvalue weighted by Crippen LogP contribution is 2.46. The van der Waals surface area contributed by atoms with Crippen LogP contribution in [0.5, 0.6) is 0 Å². The molecule has 2 aliphatic rings. The van der Waals surface area contributed by atoms with E-state index in [1.807, 2.05) is 49.4 Å². The molecule has 9 nitrogen and oxygen atoms in total. The van der Waals surface area contributed by atoms with Crippen molar-refractivity contribution in [3.63, 3.8) is 0 Å². The summed E-state index contributed by atoms with van der Waals surface area (Å²) in [5.41, 5.74) is 4.20. The zero-order valence-electron chi connectivity index (χ0n) is 22.5. The van der Waals surface area contributed by atoms with Crippen molar-refractivity contribution in [1.29, 1.82) is 0 Å². The van der Waals surface area contributed by atoms with E-state index in [1.165, 1.54) is 0 Å². The summed E-state index contributed by atoms with van der Waals surface area (Å²) < 4.78 is 0. The van der Waals surface area contributed by atoms with E-state index in [-0.39, 0.29) is 17.7 Å². The van der Waals surface area contributed by atoms with Crippen molar-refractivity contribution < 1.29 is 24.3 Å². The number of nitrogens with zero attached hydrogens (tertiary/aromatic N) is 1. The Hall–Kier alpha value is -4.14. The number of hydrogen-bond acceptors (Lipinski definition) is 4. The molecule has 5 rings (SSSR count). The lowest BCUT2D eigenvalue weighted by Crippen LogP contribution is -2.59. The van der Waals surface area contributed by atoms with E-state index in [4.69, 9.17) is 0 Å². The number of aliphatic carboxylic acids is 1. The number of benzene rings is 2. The summed E-state index contributed by atoms with van der Waals surface area (Å²) in [5, 5.41) is 16.1. The second kappa shape index (κ2) is 10.2. The van der Waals surface area contributed by atoms with Crippen molar-refractivity contribution in [2.75, 3.05) is 0 Å². The third kappa shape index (κ3) is 4.45. The molecule has 3 heterocycles. The van der Waals surface area contributed by atoms with Crippen LogP contribution < -0.4 is 10.6 Å². The number of carbonyl (C=O) groups is 4. The Morgan fingerprint density at radius 3 is 2.41 bits per heavy atom. The summed E-state index contributed by atoms with van der Waals surface area (Å²) in [6.45, 7) is 7.21. The number of nitrogens with one attached hydrogen (secondary N) is 3. The van der Waals surface area contributed by atoms with Crippen molar-refractivity contribution in [2.45, 2.75) is 64.7 Å². The largest absolute Gasteiger partial charge is 0.480 e. The van der Waals surface area contributed by atoms with Crippen LogP contribution in [-0.2, 0) is 20.8 Å². The Bertz CT molecular complexity index is 1460. The highest BCUT2D eigenvalue weighted by molar-refractivity contribution is 6.04. The minimum Gasteiger partial charge on any atom is -0.480 e. The standard InChI is InChI=1S/C30H34N4O5/c1-5-16(4)24(30(38)39)33-28(36)23(15(2)3)32-27(35)22-14-20-17-10-8-9-13-21(17)31-25(20)26-18-11-6-7-12-19(18)29(37)34(22)26/h6-13,15-16,22-24,26,31H,5,14H2,1-4H3,(H,32,35)(H,33,36)(H,38,39)/t16?,22-,23-,24-,26?/m0/s1. The van der Waals surface area contributed by atoms with Gasteiger partial charge < -0.3 is 25.6 Å². The van der Waals surface area contributed by atoms with Gasteiger partial charge in [-0.05, 0) is 35.1 Å². The molecule has 1 aromatic heterocycles. The van der Waals surface area contributed by atoms with E-state index in [1.54, 1.807) is 31.7 Å². The number of H-pyrrole nitrogens is 1. The predicted octanol–water partition coefficient (Wildman–Crippen LogP) is 3.39. The second-order valence-corrected chi connectivity index (χ2v) is 10.9. The summed E-state index contributed by atoms with van der Waals surface area (Å²) in [6, 6.07) is 11.9. The molecule has 0 saturated heterocycles. The Kier molecular flexibility index (Phi) is 6.92. The van der Waals surface area contributed by atoms with Gasteiger partial charge in [-0.25, -0.2) is 4.79 Å². The van der Waals surface area contributed by atoms with Crippen molar-refractivity contribution in [1.82, 2.24) is 20.5 Å². The molecule has 3 aromatic rings. The van der Waals surface area contributed by atoms with Gasteiger partial charge in [0.1, 0.15) is 18.1 Å². The van der Waals surface area contributed by atoms with E-state index in [0.29, 0.717) is 18.4 Å². The molecule has 5 atom stereocenters. The lowest BCUT2D eigenvalue weighted by atomic mass is 9.89. The van der Waals surface area contributed by atoms with Gasteiger partial charge in [-0.15, -0.1) is 0 Å². The lowest BCUT2D eigenvalue weighted by Gasteiger charge is -2.38. The number of carbonyl (C=O) groups excluding carboxylic acids is 3. The fourth-order valence-electron chi connectivity index (χ4n) is 5.85. The molecular weight excluding hydrogens is 496 g/mol. The number of hydrogen-bond donors (Lipinski definition) is 4. The van der Waals surface area contributed by atoms with Crippen LogP contribution in [0.2, 0.25) is 0 Å². The Labute approximate surface area is 227 Å². The Balaban J connectivity index is 1.49. The fraction of sp³-hybridized carbons (Fsp3) is 0.400. The number of carboxylic acid groups (broad SMARTS) is 1. The molecule has 0 saturated carbocycles. The summed E-state index contributed by atoms with van der Waals surface area (Å²) in [6.07, 6.45) is 0.864. The summed E-state index contributed by atoms with van der Waals surface area (Å²) in [7, 11) is 0. The van der Waals surface area contributed by atoms with Gasteiger partial charge in [0, 0.05) is 28.6 Å². The average Bonchev–Trinajstić information content (AvgIpc) is 3.44. The highest BCUT2D eigenvalue weighted by Gasteiger charge is 2.49. The molecule has 0 bridgehead atoms. The van der Waals surface area contributed by atoms with Crippen LogP contribution >= 0.6 is 0 Å². The van der Waals surface area contributed by atoms with Gasteiger partial charge in [0.25, 0.3) is 5.91 Å². The topological polar surface area (TPSA) is 132 Å². The highest BCUT2D eigenvalue weighted by atomic mass is 16.4. The van der Waals surface area contributed by atoms with Gasteiger partial charge in [0.05, 0.1) is 6.04 Å². The minimum atomic E-state index is -1.12. The third-order valence-electron chi connectivity index (χ3n) is 8.18. The van der Waals surface area contributed by atoms with Crippen LogP contribution in [0.25, 0.3) is 10.9 Å². The van der Waals surface area contributed by atoms with E-state index in [9.17, 15) is 24.3 Å².